The maximum absolute atomic E-state index is 14.2. The maximum Gasteiger partial charge on any atom is 0.410 e. The number of cyclic esters (lactones) is 1. The highest BCUT2D eigenvalue weighted by Gasteiger charge is 2.50. The van der Waals surface area contributed by atoms with Gasteiger partial charge in [-0.25, -0.2) is 4.79 Å². The lowest BCUT2D eigenvalue weighted by Gasteiger charge is -2.51. The second kappa shape index (κ2) is 11.6. The third kappa shape index (κ3) is 5.98. The third-order valence-corrected chi connectivity index (χ3v) is 10.9. The van der Waals surface area contributed by atoms with Gasteiger partial charge in [-0.1, -0.05) is 43.0 Å². The zero-order valence-electron chi connectivity index (χ0n) is 24.5. The molecule has 216 valence electrons. The Bertz CT molecular complexity index is 1010. The van der Waals surface area contributed by atoms with Crippen molar-refractivity contribution in [3.05, 3.63) is 34.9 Å². The topological polar surface area (TPSA) is 53.1 Å². The van der Waals surface area contributed by atoms with Crippen molar-refractivity contribution >= 4 is 23.6 Å². The van der Waals surface area contributed by atoms with Crippen LogP contribution in [-0.4, -0.2) is 78.6 Å². The van der Waals surface area contributed by atoms with Crippen molar-refractivity contribution in [3.63, 3.8) is 0 Å². The standard InChI is InChI=1S/C32H48ClN3O3/c1-31(2)22-39-30(38)36(31)21-32(24-8-6-5-7-9-24)16-18-35(19-17-32)29(37)27-15-14-26(34(3)4)20-28(27)23-10-12-25(33)13-11-23/h10-13,24,26-28H,5-9,14-22H2,1-4H3/t26-,27?,28+/m1/s1. The first kappa shape index (κ1) is 28.7. The zero-order chi connectivity index (χ0) is 27.8. The molecular formula is C32H48ClN3O3. The molecule has 0 radical (unpaired) electrons. The normalized spacial score (nSPS) is 29.5. The number of likely N-dealkylation sites (tertiary alicyclic amines) is 1. The van der Waals surface area contributed by atoms with E-state index in [9.17, 15) is 9.59 Å². The Balaban J connectivity index is 1.33. The van der Waals surface area contributed by atoms with E-state index in [1.807, 2.05) is 17.0 Å². The summed E-state index contributed by atoms with van der Waals surface area (Å²) >= 11 is 6.21. The van der Waals surface area contributed by atoms with E-state index in [-0.39, 0.29) is 28.9 Å². The minimum Gasteiger partial charge on any atom is -0.447 e. The van der Waals surface area contributed by atoms with Crippen molar-refractivity contribution in [3.8, 4) is 0 Å². The van der Waals surface area contributed by atoms with Crippen LogP contribution < -0.4 is 0 Å². The van der Waals surface area contributed by atoms with E-state index in [2.05, 4.69) is 49.9 Å². The van der Waals surface area contributed by atoms with Crippen molar-refractivity contribution in [2.75, 3.05) is 40.3 Å². The fourth-order valence-corrected chi connectivity index (χ4v) is 8.17. The first-order valence-corrected chi connectivity index (χ1v) is 15.6. The quantitative estimate of drug-likeness (QED) is 0.397. The molecule has 0 spiro atoms. The van der Waals surface area contributed by atoms with Gasteiger partial charge in [0.25, 0.3) is 0 Å². The number of carbonyl (C=O) groups is 2. The number of benzene rings is 1. The van der Waals surface area contributed by atoms with Gasteiger partial charge in [0.05, 0.1) is 5.54 Å². The molecule has 6 nitrogen and oxygen atoms in total. The number of ether oxygens (including phenoxy) is 1. The molecule has 2 saturated heterocycles. The molecule has 5 rings (SSSR count). The summed E-state index contributed by atoms with van der Waals surface area (Å²) in [5.41, 5.74) is 1.02. The number of halogens is 1. The molecule has 2 aliphatic heterocycles. The Labute approximate surface area is 240 Å². The number of carbonyl (C=O) groups excluding carboxylic acids is 2. The van der Waals surface area contributed by atoms with Gasteiger partial charge in [0.2, 0.25) is 5.91 Å². The Hall–Kier alpha value is -1.79. The summed E-state index contributed by atoms with van der Waals surface area (Å²) in [6.07, 6.45) is 11.1. The van der Waals surface area contributed by atoms with Crippen LogP contribution in [0, 0.1) is 17.3 Å². The molecule has 2 heterocycles. The summed E-state index contributed by atoms with van der Waals surface area (Å²) in [5.74, 6) is 1.16. The molecule has 7 heteroatoms. The van der Waals surface area contributed by atoms with Crippen molar-refractivity contribution in [2.45, 2.75) is 95.6 Å². The van der Waals surface area contributed by atoms with E-state index in [1.165, 1.54) is 37.7 Å². The Morgan fingerprint density at radius 3 is 2.28 bits per heavy atom. The predicted octanol–water partition coefficient (Wildman–Crippen LogP) is 6.57. The minimum absolute atomic E-state index is 0.0112. The average Bonchev–Trinajstić information content (AvgIpc) is 3.20. The molecule has 1 aromatic rings. The second-order valence-corrected chi connectivity index (χ2v) is 14.1. The molecule has 0 aromatic heterocycles. The fourth-order valence-electron chi connectivity index (χ4n) is 8.04. The van der Waals surface area contributed by atoms with Crippen LogP contribution in [0.2, 0.25) is 5.02 Å². The number of rotatable bonds is 6. The molecule has 0 N–H and O–H groups in total. The number of hydrogen-bond acceptors (Lipinski definition) is 4. The smallest absolute Gasteiger partial charge is 0.410 e. The first-order valence-electron chi connectivity index (χ1n) is 15.2. The van der Waals surface area contributed by atoms with Gasteiger partial charge >= 0.3 is 6.09 Å². The molecular weight excluding hydrogens is 510 g/mol. The third-order valence-electron chi connectivity index (χ3n) is 10.7. The van der Waals surface area contributed by atoms with Crippen molar-refractivity contribution in [1.29, 1.82) is 0 Å². The number of amides is 2. The molecule has 4 fully saturated rings. The molecule has 2 amide bonds. The lowest BCUT2D eigenvalue weighted by Crippen LogP contribution is -2.56. The molecule has 2 aliphatic carbocycles. The zero-order valence-corrected chi connectivity index (χ0v) is 25.2. The fraction of sp³-hybridized carbons (Fsp3) is 0.750. The summed E-state index contributed by atoms with van der Waals surface area (Å²) in [7, 11) is 4.30. The molecule has 1 unspecified atom stereocenters. The predicted molar refractivity (Wildman–Crippen MR) is 156 cm³/mol. The highest BCUT2D eigenvalue weighted by Crippen LogP contribution is 2.49. The van der Waals surface area contributed by atoms with Crippen LogP contribution in [0.1, 0.15) is 89.5 Å². The Morgan fingerprint density at radius 2 is 1.69 bits per heavy atom. The second-order valence-electron chi connectivity index (χ2n) is 13.7. The SMILES string of the molecule is CN(C)[C@@H]1CCC(C(=O)N2CCC(CN3C(=O)OCC3(C)C)(C3CCCCC3)CC2)[C@H](c2ccc(Cl)cc2)C1. The van der Waals surface area contributed by atoms with Crippen LogP contribution in [0.4, 0.5) is 4.79 Å². The van der Waals surface area contributed by atoms with E-state index < -0.39 is 0 Å². The molecule has 2 saturated carbocycles. The van der Waals surface area contributed by atoms with E-state index in [4.69, 9.17) is 16.3 Å². The van der Waals surface area contributed by atoms with Crippen LogP contribution in [0.15, 0.2) is 24.3 Å². The summed E-state index contributed by atoms with van der Waals surface area (Å²) in [4.78, 5) is 33.4. The van der Waals surface area contributed by atoms with Crippen LogP contribution >= 0.6 is 11.6 Å². The lowest BCUT2D eigenvalue weighted by molar-refractivity contribution is -0.141. The minimum atomic E-state index is -0.275. The first-order chi connectivity index (χ1) is 18.6. The van der Waals surface area contributed by atoms with Gasteiger partial charge in [-0.2, -0.15) is 0 Å². The number of nitrogens with zero attached hydrogens (tertiary/aromatic N) is 3. The number of hydrogen-bond donors (Lipinski definition) is 0. The van der Waals surface area contributed by atoms with Gasteiger partial charge in [-0.15, -0.1) is 0 Å². The lowest BCUT2D eigenvalue weighted by atomic mass is 9.63. The maximum atomic E-state index is 14.2. The van der Waals surface area contributed by atoms with Gasteiger partial charge in [0, 0.05) is 36.6 Å². The largest absolute Gasteiger partial charge is 0.447 e. The molecule has 3 atom stereocenters. The Morgan fingerprint density at radius 1 is 1.03 bits per heavy atom. The summed E-state index contributed by atoms with van der Waals surface area (Å²) in [5, 5.41) is 0.738. The van der Waals surface area contributed by atoms with Crippen LogP contribution in [0.25, 0.3) is 0 Å². The van der Waals surface area contributed by atoms with Crippen LogP contribution in [-0.2, 0) is 9.53 Å². The molecule has 1 aromatic carbocycles. The Kier molecular flexibility index (Phi) is 8.54. The van der Waals surface area contributed by atoms with Crippen molar-refractivity contribution in [2.24, 2.45) is 17.3 Å². The highest BCUT2D eigenvalue weighted by molar-refractivity contribution is 6.30. The van der Waals surface area contributed by atoms with Gasteiger partial charge in [-0.05, 0) is 108 Å². The van der Waals surface area contributed by atoms with Crippen LogP contribution in [0.3, 0.4) is 0 Å². The number of piperidine rings is 1. The molecule has 39 heavy (non-hydrogen) atoms. The highest BCUT2D eigenvalue weighted by atomic mass is 35.5. The van der Waals surface area contributed by atoms with Gasteiger partial charge in [-0.3, -0.25) is 9.69 Å². The van der Waals surface area contributed by atoms with Crippen molar-refractivity contribution in [1.82, 2.24) is 14.7 Å². The summed E-state index contributed by atoms with van der Waals surface area (Å²) in [6, 6.07) is 8.64. The van der Waals surface area contributed by atoms with Gasteiger partial charge in [0.15, 0.2) is 0 Å². The monoisotopic (exact) mass is 557 g/mol. The summed E-state index contributed by atoms with van der Waals surface area (Å²) < 4.78 is 5.49. The van der Waals surface area contributed by atoms with Gasteiger partial charge in [0.1, 0.15) is 6.61 Å². The van der Waals surface area contributed by atoms with E-state index in [1.54, 1.807) is 0 Å². The molecule has 4 aliphatic rings. The van der Waals surface area contributed by atoms with Gasteiger partial charge < -0.3 is 14.5 Å². The summed E-state index contributed by atoms with van der Waals surface area (Å²) in [6.45, 7) is 7.03. The average molecular weight is 558 g/mol. The van der Waals surface area contributed by atoms with E-state index in [0.29, 0.717) is 24.5 Å². The van der Waals surface area contributed by atoms with E-state index >= 15 is 0 Å². The van der Waals surface area contributed by atoms with Crippen molar-refractivity contribution < 1.29 is 14.3 Å². The van der Waals surface area contributed by atoms with E-state index in [0.717, 1.165) is 56.8 Å². The van der Waals surface area contributed by atoms with Crippen LogP contribution in [0.5, 0.6) is 0 Å². The molecule has 0 bridgehead atoms.